The van der Waals surface area contributed by atoms with E-state index in [1.165, 1.54) is 0 Å². The van der Waals surface area contributed by atoms with Crippen LogP contribution in [-0.2, 0) is 12.8 Å². The molecule has 0 amide bonds. The van der Waals surface area contributed by atoms with Crippen LogP contribution in [0.3, 0.4) is 0 Å². The van der Waals surface area contributed by atoms with Gasteiger partial charge in [-0.3, -0.25) is 0 Å². The Morgan fingerprint density at radius 2 is 1.50 bits per heavy atom. The van der Waals surface area contributed by atoms with Crippen LogP contribution in [-0.4, -0.2) is 0 Å². The van der Waals surface area contributed by atoms with Crippen molar-refractivity contribution in [2.45, 2.75) is 0 Å². The van der Waals surface area contributed by atoms with Crippen LogP contribution >= 0.6 is 20.3 Å². The molecule has 0 radical (unpaired) electrons. The molecule has 1 rings (SSSR count). The van der Waals surface area contributed by atoms with Crippen molar-refractivity contribution in [2.75, 3.05) is 0 Å². The minimum absolute atomic E-state index is 1.71. The quantitative estimate of drug-likeness (QED) is 0.385. The normalized spacial score (nSPS) is 6.88. The van der Waals surface area contributed by atoms with Crippen LogP contribution < -0.4 is 0 Å². The maximum absolute atomic E-state index is 4.16. The summed E-state index contributed by atoms with van der Waals surface area (Å²) in [6.07, 6.45) is 0. The van der Waals surface area contributed by atoms with Crippen molar-refractivity contribution in [3.63, 3.8) is 0 Å². The Hall–Kier alpha value is 0.469. The van der Waals surface area contributed by atoms with E-state index in [-0.39, 0.29) is 0 Å². The van der Waals surface area contributed by atoms with Gasteiger partial charge in [0.15, 0.2) is 0 Å². The predicted molar refractivity (Wildman–Crippen MR) is 39.3 cm³/mol. The monoisotopic (exact) mass is 267 g/mol. The molecule has 0 aromatic heterocycles. The Labute approximate surface area is 69.2 Å². The second-order valence-corrected chi connectivity index (χ2v) is 1.08. The van der Waals surface area contributed by atoms with Crippen LogP contribution in [0.2, 0.25) is 0 Å². The molecule has 47 valence electrons. The molecule has 1 aromatic rings. The average molecular weight is 268 g/mol. The first-order valence-corrected chi connectivity index (χ1v) is 5.06. The van der Waals surface area contributed by atoms with Gasteiger partial charge in [0.2, 0.25) is 0 Å². The van der Waals surface area contributed by atoms with Gasteiger partial charge in [0.1, 0.15) is 0 Å². The van der Waals surface area contributed by atoms with E-state index in [4.69, 9.17) is 0 Å². The summed E-state index contributed by atoms with van der Waals surface area (Å²) in [5, 5.41) is 0. The molecule has 0 aliphatic heterocycles. The van der Waals surface area contributed by atoms with Crippen molar-refractivity contribution in [3.8, 4) is 0 Å². The van der Waals surface area contributed by atoms with Gasteiger partial charge in [-0.1, -0.05) is 0 Å². The van der Waals surface area contributed by atoms with E-state index in [1.807, 2.05) is 30.3 Å². The molecule has 0 spiro atoms. The molecular weight excluding hydrogens is 263 g/mol. The van der Waals surface area contributed by atoms with Gasteiger partial charge < -0.3 is 0 Å². The van der Waals surface area contributed by atoms with E-state index in [1.54, 1.807) is 20.3 Å². The average Bonchev–Trinajstić information content (AvgIpc) is 1.96. The van der Waals surface area contributed by atoms with Crippen LogP contribution in [0, 0.1) is 6.07 Å². The fraction of sp³-hybridized carbons (Fsp3) is 0. The van der Waals surface area contributed by atoms with Crippen molar-refractivity contribution >= 4 is 20.3 Å². The Morgan fingerprint density at radius 1 is 1.00 bits per heavy atom. The van der Waals surface area contributed by atoms with E-state index < -0.39 is 0 Å². The molecule has 0 aliphatic rings. The van der Waals surface area contributed by atoms with Gasteiger partial charge in [-0.05, 0) is 0 Å². The summed E-state index contributed by atoms with van der Waals surface area (Å²) in [4.78, 5) is 0. The van der Waals surface area contributed by atoms with E-state index in [9.17, 15) is 0 Å². The summed E-state index contributed by atoms with van der Waals surface area (Å²) in [6.45, 7) is 0. The Bertz CT molecular complexity index is 80.5. The standard InChI is InChI=1S/C6H5.Cu.HI/c1-2-4-6-5-3-1;;/h1-5H;;1H/q-1;+2;/p-1. The van der Waals surface area contributed by atoms with Gasteiger partial charge in [0.05, 0.1) is 0 Å². The largest absolute Gasteiger partial charge is 0.184 e. The van der Waals surface area contributed by atoms with E-state index >= 15 is 0 Å². The number of halogens is 1. The van der Waals surface area contributed by atoms with Gasteiger partial charge in [0.25, 0.3) is 0 Å². The summed E-state index contributed by atoms with van der Waals surface area (Å²) in [7, 11) is 0. The van der Waals surface area contributed by atoms with Crippen molar-refractivity contribution in [3.05, 3.63) is 36.4 Å². The number of hydrogen-bond donors (Lipinski definition) is 0. The Morgan fingerprint density at radius 3 is 1.62 bits per heavy atom. The van der Waals surface area contributed by atoms with Gasteiger partial charge >= 0.3 is 33.1 Å². The Balaban J connectivity index is 0.000000222. The van der Waals surface area contributed by atoms with Gasteiger partial charge in [-0.25, -0.2) is 0 Å². The van der Waals surface area contributed by atoms with E-state index in [2.05, 4.69) is 18.8 Å². The third-order valence-electron chi connectivity index (χ3n) is 0.607. The molecular formula is C6H5CuI. The molecule has 2 heteroatoms. The number of benzene rings is 1. The molecule has 0 fully saturated rings. The second-order valence-electron chi connectivity index (χ2n) is 1.08. The molecule has 0 atom stereocenters. The topological polar surface area (TPSA) is 0 Å². The Kier molecular flexibility index (Phi) is 7.91. The molecule has 0 saturated carbocycles. The van der Waals surface area contributed by atoms with Crippen LogP contribution in [0.25, 0.3) is 0 Å². The van der Waals surface area contributed by atoms with Crippen LogP contribution in [0.15, 0.2) is 30.3 Å². The fourth-order valence-electron chi connectivity index (χ4n) is 0.342. The molecule has 0 aliphatic carbocycles. The third kappa shape index (κ3) is 4.62. The summed E-state index contributed by atoms with van der Waals surface area (Å²) in [5.41, 5.74) is 0. The van der Waals surface area contributed by atoms with Crippen molar-refractivity contribution in [1.82, 2.24) is 0 Å². The van der Waals surface area contributed by atoms with Crippen molar-refractivity contribution < 1.29 is 12.8 Å². The maximum Gasteiger partial charge on any atom is -0.171 e. The first-order chi connectivity index (χ1) is 4.00. The molecule has 0 unspecified atom stereocenters. The summed E-state index contributed by atoms with van der Waals surface area (Å²) in [6, 6.07) is 12.5. The van der Waals surface area contributed by atoms with Crippen LogP contribution in [0.4, 0.5) is 0 Å². The number of rotatable bonds is 0. The minimum Gasteiger partial charge on any atom is -0.184 e. The summed E-state index contributed by atoms with van der Waals surface area (Å²) in [5.74, 6) is 0. The third-order valence-corrected chi connectivity index (χ3v) is 0.607. The molecule has 1 aromatic carbocycles. The smallest absolute Gasteiger partial charge is 0.171 e. The molecule has 0 saturated heterocycles. The van der Waals surface area contributed by atoms with Crippen molar-refractivity contribution in [2.24, 2.45) is 0 Å². The summed E-state index contributed by atoms with van der Waals surface area (Å²) >= 11 is 5.87. The molecule has 8 heavy (non-hydrogen) atoms. The fourth-order valence-corrected chi connectivity index (χ4v) is 0.342. The van der Waals surface area contributed by atoms with Crippen LogP contribution in [0.1, 0.15) is 0 Å². The minimum atomic E-state index is 1.71. The van der Waals surface area contributed by atoms with E-state index in [0.717, 1.165) is 0 Å². The van der Waals surface area contributed by atoms with E-state index in [0.29, 0.717) is 0 Å². The number of hydrogen-bond acceptors (Lipinski definition) is 0. The van der Waals surface area contributed by atoms with Crippen molar-refractivity contribution in [1.29, 1.82) is 0 Å². The van der Waals surface area contributed by atoms with Gasteiger partial charge in [0, 0.05) is 0 Å². The van der Waals surface area contributed by atoms with Crippen LogP contribution in [0.5, 0.6) is 0 Å². The SMILES string of the molecule is [Cu+][I].[c-]1ccccc1. The first kappa shape index (κ1) is 8.47. The first-order valence-electron chi connectivity index (χ1n) is 2.02. The molecule has 0 N–H and O–H groups in total. The maximum atomic E-state index is 4.16. The molecule has 0 nitrogen and oxygen atoms in total. The molecule has 0 heterocycles. The molecule has 0 bridgehead atoms. The second kappa shape index (κ2) is 7.47. The van der Waals surface area contributed by atoms with Gasteiger partial charge in [-0.15, -0.1) is 0 Å². The predicted octanol–water partition coefficient (Wildman–Crippen LogP) is 2.37. The zero-order valence-corrected chi connectivity index (χ0v) is 7.17. The zero-order chi connectivity index (χ0) is 6.24. The zero-order valence-electron chi connectivity index (χ0n) is 4.07. The van der Waals surface area contributed by atoms with Gasteiger partial charge in [-0.2, -0.15) is 36.4 Å². The summed E-state index contributed by atoms with van der Waals surface area (Å²) < 4.78 is 0.